The predicted octanol–water partition coefficient (Wildman–Crippen LogP) is 0.283. The molecule has 0 aromatic heterocycles. The third-order valence-corrected chi connectivity index (χ3v) is 1.23. The van der Waals surface area contributed by atoms with Crippen LogP contribution < -0.4 is 5.73 Å². The maximum absolute atomic E-state index is 10.7. The van der Waals surface area contributed by atoms with Crippen molar-refractivity contribution in [3.05, 3.63) is 11.3 Å². The molecule has 0 aliphatic carbocycles. The molecule has 0 aliphatic rings. The summed E-state index contributed by atoms with van der Waals surface area (Å²) in [7, 11) is 0. The van der Waals surface area contributed by atoms with Crippen molar-refractivity contribution in [2.24, 2.45) is 5.73 Å². The molecule has 0 amide bonds. The maximum Gasteiger partial charge on any atom is 0.308 e. The lowest BCUT2D eigenvalue weighted by molar-refractivity contribution is -0.136. The highest BCUT2D eigenvalue weighted by atomic mass is 16.4. The van der Waals surface area contributed by atoms with Crippen LogP contribution in [0.5, 0.6) is 0 Å². The molecule has 4 heteroatoms. The number of carbonyl (C=O) groups excluding carboxylic acids is 1. The highest BCUT2D eigenvalue weighted by Gasteiger charge is 2.10. The summed E-state index contributed by atoms with van der Waals surface area (Å²) in [5.74, 6) is -1.33. The summed E-state index contributed by atoms with van der Waals surface area (Å²) < 4.78 is 0. The van der Waals surface area contributed by atoms with Gasteiger partial charge < -0.3 is 10.8 Å². The van der Waals surface area contributed by atoms with Crippen LogP contribution in [0.2, 0.25) is 0 Å². The number of hydrogen-bond acceptors (Lipinski definition) is 3. The maximum atomic E-state index is 10.7. The Kier molecular flexibility index (Phi) is 3.30. The van der Waals surface area contributed by atoms with Gasteiger partial charge in [-0.3, -0.25) is 9.59 Å². The molecule has 0 spiro atoms. The first-order chi connectivity index (χ1) is 4.95. The number of ketones is 1. The summed E-state index contributed by atoms with van der Waals surface area (Å²) in [6.45, 7) is 2.81. The Labute approximate surface area is 64.7 Å². The highest BCUT2D eigenvalue weighted by Crippen LogP contribution is 2.05. The van der Waals surface area contributed by atoms with Gasteiger partial charge in [0.2, 0.25) is 0 Å². The van der Waals surface area contributed by atoms with E-state index in [1.54, 1.807) is 0 Å². The van der Waals surface area contributed by atoms with Crippen LogP contribution in [0.3, 0.4) is 0 Å². The number of hydrogen-bond donors (Lipinski definition) is 2. The van der Waals surface area contributed by atoms with Gasteiger partial charge in [0.1, 0.15) is 0 Å². The van der Waals surface area contributed by atoms with Gasteiger partial charge in [-0.05, 0) is 13.8 Å². The number of Topliss-reactive ketones (excluding diaryl/α,β-unsaturated/α-hetero) is 1. The highest BCUT2D eigenvalue weighted by molar-refractivity contribution is 5.97. The first-order valence-electron chi connectivity index (χ1n) is 3.13. The van der Waals surface area contributed by atoms with Gasteiger partial charge in [-0.25, -0.2) is 0 Å². The van der Waals surface area contributed by atoms with Crippen molar-refractivity contribution in [1.29, 1.82) is 0 Å². The molecule has 0 unspecified atom stereocenters. The Bertz CT molecular complexity index is 214. The number of carboxylic acid groups (broad SMARTS) is 1. The Morgan fingerprint density at radius 2 is 1.82 bits per heavy atom. The zero-order valence-corrected chi connectivity index (χ0v) is 6.55. The van der Waals surface area contributed by atoms with Gasteiger partial charge >= 0.3 is 5.97 Å². The molecule has 0 aromatic rings. The molecule has 0 heterocycles. The van der Waals surface area contributed by atoms with Gasteiger partial charge in [0.15, 0.2) is 5.78 Å². The van der Waals surface area contributed by atoms with Crippen LogP contribution in [0, 0.1) is 0 Å². The summed E-state index contributed by atoms with van der Waals surface area (Å²) in [6.07, 6.45) is -0.294. The predicted molar refractivity (Wildman–Crippen MR) is 39.8 cm³/mol. The van der Waals surface area contributed by atoms with E-state index in [1.165, 1.54) is 13.8 Å². The number of carboxylic acids is 1. The lowest BCUT2D eigenvalue weighted by atomic mass is 10.1. The van der Waals surface area contributed by atoms with Crippen LogP contribution in [-0.2, 0) is 9.59 Å². The quantitative estimate of drug-likeness (QED) is 0.577. The monoisotopic (exact) mass is 157 g/mol. The standard InChI is InChI=1S/C7H11NO3/c1-4(8)6(5(2)9)3-7(10)11/h3,8H2,1-2H3,(H,10,11). The molecular weight excluding hydrogens is 146 g/mol. The second kappa shape index (κ2) is 3.75. The molecule has 3 N–H and O–H groups in total. The van der Waals surface area contributed by atoms with Crippen LogP contribution >= 0.6 is 0 Å². The minimum atomic E-state index is -1.04. The van der Waals surface area contributed by atoms with Crippen molar-refractivity contribution in [1.82, 2.24) is 0 Å². The van der Waals surface area contributed by atoms with E-state index >= 15 is 0 Å². The fraction of sp³-hybridized carbons (Fsp3) is 0.429. The molecule has 0 saturated carbocycles. The topological polar surface area (TPSA) is 80.4 Å². The van der Waals surface area contributed by atoms with E-state index in [0.717, 1.165) is 0 Å². The summed E-state index contributed by atoms with van der Waals surface area (Å²) in [5, 5.41) is 8.34. The first-order valence-corrected chi connectivity index (χ1v) is 3.13. The lowest BCUT2D eigenvalue weighted by Crippen LogP contribution is -2.10. The molecule has 4 nitrogen and oxygen atoms in total. The summed E-state index contributed by atoms with van der Waals surface area (Å²) >= 11 is 0. The van der Waals surface area contributed by atoms with Crippen LogP contribution in [-0.4, -0.2) is 16.9 Å². The van der Waals surface area contributed by atoms with Crippen molar-refractivity contribution >= 4 is 11.8 Å². The largest absolute Gasteiger partial charge is 0.481 e. The van der Waals surface area contributed by atoms with Gasteiger partial charge in [-0.1, -0.05) is 0 Å². The molecule has 11 heavy (non-hydrogen) atoms. The number of aliphatic carboxylic acids is 1. The van der Waals surface area contributed by atoms with E-state index in [-0.39, 0.29) is 23.5 Å². The smallest absolute Gasteiger partial charge is 0.308 e. The molecule has 0 atom stereocenters. The third-order valence-electron chi connectivity index (χ3n) is 1.23. The third kappa shape index (κ3) is 3.40. The summed E-state index contributed by atoms with van der Waals surface area (Å²) in [5.41, 5.74) is 5.74. The Balaban J connectivity index is 4.52. The van der Waals surface area contributed by atoms with Gasteiger partial charge in [0.05, 0.1) is 6.42 Å². The molecule has 62 valence electrons. The number of nitrogens with two attached hydrogens (primary N) is 1. The van der Waals surface area contributed by atoms with Gasteiger partial charge in [0, 0.05) is 11.3 Å². The molecule has 0 rings (SSSR count). The second-order valence-corrected chi connectivity index (χ2v) is 2.29. The average molecular weight is 157 g/mol. The van der Waals surface area contributed by atoms with Crippen molar-refractivity contribution < 1.29 is 14.7 Å². The lowest BCUT2D eigenvalue weighted by Gasteiger charge is -2.00. The molecular formula is C7H11NO3. The number of rotatable bonds is 3. The minimum absolute atomic E-state index is 0.178. The van der Waals surface area contributed by atoms with Crippen molar-refractivity contribution in [3.8, 4) is 0 Å². The molecule has 0 bridgehead atoms. The average Bonchev–Trinajstić information content (AvgIpc) is 1.81. The van der Waals surface area contributed by atoms with E-state index in [9.17, 15) is 9.59 Å². The minimum Gasteiger partial charge on any atom is -0.481 e. The molecule has 0 fully saturated rings. The summed E-state index contributed by atoms with van der Waals surface area (Å²) in [6, 6.07) is 0. The zero-order chi connectivity index (χ0) is 9.02. The number of carbonyl (C=O) groups is 2. The molecule has 0 radical (unpaired) electrons. The van der Waals surface area contributed by atoms with E-state index in [0.29, 0.717) is 0 Å². The molecule has 0 aromatic carbocycles. The van der Waals surface area contributed by atoms with Crippen LogP contribution in [0.1, 0.15) is 20.3 Å². The number of allylic oxidation sites excluding steroid dienone is 1. The SMILES string of the molecule is CC(=O)C(CC(=O)O)=C(C)N. The van der Waals surface area contributed by atoms with Crippen LogP contribution in [0.25, 0.3) is 0 Å². The molecule has 0 aliphatic heterocycles. The first kappa shape index (κ1) is 9.68. The van der Waals surface area contributed by atoms with E-state index in [4.69, 9.17) is 10.8 Å². The Morgan fingerprint density at radius 1 is 1.36 bits per heavy atom. The van der Waals surface area contributed by atoms with Crippen LogP contribution in [0.4, 0.5) is 0 Å². The van der Waals surface area contributed by atoms with E-state index in [2.05, 4.69) is 0 Å². The van der Waals surface area contributed by atoms with E-state index in [1.807, 2.05) is 0 Å². The summed E-state index contributed by atoms with van der Waals surface area (Å²) in [4.78, 5) is 20.9. The van der Waals surface area contributed by atoms with E-state index < -0.39 is 5.97 Å². The normalized spacial score (nSPS) is 12.2. The zero-order valence-electron chi connectivity index (χ0n) is 6.55. The van der Waals surface area contributed by atoms with Gasteiger partial charge in [0.25, 0.3) is 0 Å². The van der Waals surface area contributed by atoms with Crippen molar-refractivity contribution in [2.45, 2.75) is 20.3 Å². The van der Waals surface area contributed by atoms with Gasteiger partial charge in [-0.15, -0.1) is 0 Å². The van der Waals surface area contributed by atoms with Crippen LogP contribution in [0.15, 0.2) is 11.3 Å². The Hall–Kier alpha value is -1.32. The molecule has 0 saturated heterocycles. The fourth-order valence-corrected chi connectivity index (χ4v) is 0.693. The Morgan fingerprint density at radius 3 is 1.91 bits per heavy atom. The second-order valence-electron chi connectivity index (χ2n) is 2.29. The fourth-order valence-electron chi connectivity index (χ4n) is 0.693. The van der Waals surface area contributed by atoms with Crippen molar-refractivity contribution in [3.63, 3.8) is 0 Å². The van der Waals surface area contributed by atoms with Crippen molar-refractivity contribution in [2.75, 3.05) is 0 Å². The van der Waals surface area contributed by atoms with Gasteiger partial charge in [-0.2, -0.15) is 0 Å².